The van der Waals surface area contributed by atoms with Crippen LogP contribution in [0, 0.1) is 11.3 Å². The summed E-state index contributed by atoms with van der Waals surface area (Å²) < 4.78 is 0. The quantitative estimate of drug-likeness (QED) is 0.270. The predicted molar refractivity (Wildman–Crippen MR) is 159 cm³/mol. The van der Waals surface area contributed by atoms with Gasteiger partial charge in [0.25, 0.3) is 0 Å². The molecule has 1 atom stereocenters. The van der Waals surface area contributed by atoms with Crippen molar-refractivity contribution in [2.24, 2.45) is 0 Å². The lowest BCUT2D eigenvalue weighted by atomic mass is 9.94. The van der Waals surface area contributed by atoms with Crippen LogP contribution in [0.5, 0.6) is 0 Å². The maximum Gasteiger partial charge on any atom is 0.123 e. The monoisotopic (exact) mass is 500 g/mol. The number of rotatable bonds is 4. The van der Waals surface area contributed by atoms with E-state index in [1.807, 2.05) is 36.5 Å². The van der Waals surface area contributed by atoms with E-state index in [0.717, 1.165) is 44.6 Å². The average Bonchev–Trinajstić information content (AvgIpc) is 3.40. The lowest BCUT2D eigenvalue weighted by Gasteiger charge is -2.22. The summed E-state index contributed by atoms with van der Waals surface area (Å²) in [4.78, 5) is 6.56. The fourth-order valence-electron chi connectivity index (χ4n) is 5.34. The highest BCUT2D eigenvalue weighted by atomic mass is 15.3. The SMILES string of the molecule is N#Cc1ccc(-c2ccc(-c3cc(-c4ccc(-c5cccnc5)cc4)c4c(c3)N3C=CC=CC3N4)cc2)cc1. The van der Waals surface area contributed by atoms with Crippen molar-refractivity contribution in [1.82, 2.24) is 4.98 Å². The smallest absolute Gasteiger partial charge is 0.123 e. The van der Waals surface area contributed by atoms with Gasteiger partial charge in [-0.3, -0.25) is 4.98 Å². The molecule has 0 saturated carbocycles. The van der Waals surface area contributed by atoms with Crippen molar-refractivity contribution in [3.8, 4) is 50.6 Å². The molecule has 4 nitrogen and oxygen atoms in total. The minimum Gasteiger partial charge on any atom is -0.359 e. The molecule has 0 spiro atoms. The number of allylic oxidation sites excluding steroid dienone is 2. The van der Waals surface area contributed by atoms with Gasteiger partial charge in [-0.2, -0.15) is 5.26 Å². The summed E-state index contributed by atoms with van der Waals surface area (Å²) in [7, 11) is 0. The van der Waals surface area contributed by atoms with Gasteiger partial charge in [0.2, 0.25) is 0 Å². The first kappa shape index (κ1) is 22.8. The minimum absolute atomic E-state index is 0.104. The second kappa shape index (κ2) is 9.48. The van der Waals surface area contributed by atoms with Gasteiger partial charge >= 0.3 is 0 Å². The maximum atomic E-state index is 9.10. The van der Waals surface area contributed by atoms with Crippen molar-refractivity contribution in [1.29, 1.82) is 5.26 Å². The van der Waals surface area contributed by atoms with Gasteiger partial charge in [-0.25, -0.2) is 0 Å². The molecule has 7 rings (SSSR count). The summed E-state index contributed by atoms with van der Waals surface area (Å²) in [5.74, 6) is 0. The molecule has 0 radical (unpaired) electrons. The highest BCUT2D eigenvalue weighted by molar-refractivity contribution is 5.96. The molecule has 184 valence electrons. The zero-order valence-electron chi connectivity index (χ0n) is 21.1. The molecule has 0 amide bonds. The summed E-state index contributed by atoms with van der Waals surface area (Å²) in [6, 6.07) is 35.9. The van der Waals surface area contributed by atoms with Crippen molar-refractivity contribution < 1.29 is 0 Å². The van der Waals surface area contributed by atoms with Crippen LogP contribution >= 0.6 is 0 Å². The summed E-state index contributed by atoms with van der Waals surface area (Å²) in [5, 5.41) is 12.8. The van der Waals surface area contributed by atoms with E-state index in [2.05, 4.69) is 112 Å². The van der Waals surface area contributed by atoms with Gasteiger partial charge in [-0.15, -0.1) is 0 Å². The second-order valence-electron chi connectivity index (χ2n) is 9.73. The van der Waals surface area contributed by atoms with Crippen LogP contribution in [0.2, 0.25) is 0 Å². The third-order valence-electron chi connectivity index (χ3n) is 7.40. The molecular formula is C35H24N4. The highest BCUT2D eigenvalue weighted by Gasteiger charge is 2.29. The molecule has 0 fully saturated rings. The van der Waals surface area contributed by atoms with Gasteiger partial charge in [0.15, 0.2) is 0 Å². The van der Waals surface area contributed by atoms with Crippen LogP contribution in [0.25, 0.3) is 44.5 Å². The first-order valence-corrected chi connectivity index (χ1v) is 13.0. The summed E-state index contributed by atoms with van der Waals surface area (Å²) in [5.41, 5.74) is 12.1. The number of anilines is 2. The molecule has 2 aliphatic heterocycles. The summed E-state index contributed by atoms with van der Waals surface area (Å²) >= 11 is 0. The van der Waals surface area contributed by atoms with E-state index < -0.39 is 0 Å². The molecule has 0 saturated heterocycles. The van der Waals surface area contributed by atoms with Crippen molar-refractivity contribution in [2.75, 3.05) is 10.2 Å². The van der Waals surface area contributed by atoms with Gasteiger partial charge in [0.1, 0.15) is 6.17 Å². The van der Waals surface area contributed by atoms with Crippen LogP contribution in [-0.2, 0) is 0 Å². The zero-order valence-corrected chi connectivity index (χ0v) is 21.1. The second-order valence-corrected chi connectivity index (χ2v) is 9.73. The lowest BCUT2D eigenvalue weighted by Crippen LogP contribution is -2.30. The molecule has 4 heteroatoms. The lowest BCUT2D eigenvalue weighted by molar-refractivity contribution is 0.908. The van der Waals surface area contributed by atoms with Crippen LogP contribution in [0.15, 0.2) is 134 Å². The molecule has 0 aliphatic carbocycles. The van der Waals surface area contributed by atoms with Crippen molar-refractivity contribution in [2.45, 2.75) is 6.17 Å². The van der Waals surface area contributed by atoms with Crippen molar-refractivity contribution >= 4 is 11.4 Å². The predicted octanol–water partition coefficient (Wildman–Crippen LogP) is 8.26. The van der Waals surface area contributed by atoms with Gasteiger partial charge in [-0.1, -0.05) is 72.8 Å². The van der Waals surface area contributed by atoms with Gasteiger partial charge in [-0.05, 0) is 81.4 Å². The van der Waals surface area contributed by atoms with E-state index in [1.54, 1.807) is 6.20 Å². The normalized spacial score (nSPS) is 14.8. The molecular weight excluding hydrogens is 476 g/mol. The Morgan fingerprint density at radius 3 is 2.00 bits per heavy atom. The Kier molecular flexibility index (Phi) is 5.53. The Balaban J connectivity index is 1.29. The van der Waals surface area contributed by atoms with E-state index in [-0.39, 0.29) is 6.17 Å². The molecule has 1 N–H and O–H groups in total. The average molecular weight is 501 g/mol. The van der Waals surface area contributed by atoms with Crippen LogP contribution in [0.1, 0.15) is 5.56 Å². The molecule has 3 heterocycles. The number of nitriles is 1. The molecule has 2 aliphatic rings. The fraction of sp³-hybridized carbons (Fsp3) is 0.0286. The number of nitrogens with zero attached hydrogens (tertiary/aromatic N) is 3. The Hall–Kier alpha value is -5.40. The number of hydrogen-bond acceptors (Lipinski definition) is 4. The minimum atomic E-state index is 0.104. The third kappa shape index (κ3) is 4.17. The van der Waals surface area contributed by atoms with Crippen LogP contribution in [0.3, 0.4) is 0 Å². The van der Waals surface area contributed by atoms with Crippen LogP contribution < -0.4 is 10.2 Å². The van der Waals surface area contributed by atoms with E-state index in [4.69, 9.17) is 5.26 Å². The number of pyridine rings is 1. The van der Waals surface area contributed by atoms with E-state index >= 15 is 0 Å². The van der Waals surface area contributed by atoms with Crippen molar-refractivity contribution in [3.63, 3.8) is 0 Å². The van der Waals surface area contributed by atoms with Gasteiger partial charge in [0, 0.05) is 24.2 Å². The first-order valence-electron chi connectivity index (χ1n) is 13.0. The molecule has 1 unspecified atom stereocenters. The molecule has 1 aromatic heterocycles. The molecule has 4 aromatic carbocycles. The molecule has 5 aromatic rings. The standard InChI is InChI=1S/C35H24N4/c36-22-24-6-8-25(9-7-24)26-10-12-28(13-11-26)31-20-32(35-33(21-31)39-19-2-1-5-34(39)38-35)29-16-14-27(15-17-29)30-4-3-18-37-23-30/h1-21,23,34,38H. The van der Waals surface area contributed by atoms with E-state index in [9.17, 15) is 0 Å². The largest absolute Gasteiger partial charge is 0.359 e. The van der Waals surface area contributed by atoms with E-state index in [1.165, 1.54) is 11.3 Å². The Morgan fingerprint density at radius 2 is 1.33 bits per heavy atom. The maximum absolute atomic E-state index is 9.10. The van der Waals surface area contributed by atoms with E-state index in [0.29, 0.717) is 5.56 Å². The third-order valence-corrected chi connectivity index (χ3v) is 7.40. The Labute approximate surface area is 227 Å². The van der Waals surface area contributed by atoms with Crippen LogP contribution in [0.4, 0.5) is 11.4 Å². The molecule has 0 bridgehead atoms. The van der Waals surface area contributed by atoms with Gasteiger partial charge in [0.05, 0.1) is 23.0 Å². The first-order chi connectivity index (χ1) is 19.3. The summed E-state index contributed by atoms with van der Waals surface area (Å²) in [6.45, 7) is 0. The number of nitrogens with one attached hydrogen (secondary N) is 1. The summed E-state index contributed by atoms with van der Waals surface area (Å²) in [6.07, 6.45) is 12.3. The van der Waals surface area contributed by atoms with Gasteiger partial charge < -0.3 is 10.2 Å². The van der Waals surface area contributed by atoms with Crippen molar-refractivity contribution in [3.05, 3.63) is 139 Å². The Morgan fingerprint density at radius 1 is 0.692 bits per heavy atom. The number of fused-ring (bicyclic) bond motifs is 3. The number of benzene rings is 4. The molecule has 39 heavy (non-hydrogen) atoms. The zero-order chi connectivity index (χ0) is 26.2. The van der Waals surface area contributed by atoms with Crippen LogP contribution in [-0.4, -0.2) is 11.1 Å². The topological polar surface area (TPSA) is 52.0 Å². The highest BCUT2D eigenvalue weighted by Crippen LogP contribution is 2.46. The number of aromatic nitrogens is 1. The Bertz CT molecular complexity index is 1760. The number of hydrogen-bond donors (Lipinski definition) is 1. The fourth-order valence-corrected chi connectivity index (χ4v) is 5.34.